The van der Waals surface area contributed by atoms with E-state index in [1.165, 1.54) is 18.4 Å². The van der Waals surface area contributed by atoms with Crippen LogP contribution in [0.15, 0.2) is 30.3 Å². The average Bonchev–Trinajstić information content (AvgIpc) is 3.16. The predicted molar refractivity (Wildman–Crippen MR) is 71.1 cm³/mol. The van der Waals surface area contributed by atoms with Crippen LogP contribution in [0.5, 0.6) is 0 Å². The van der Waals surface area contributed by atoms with Crippen molar-refractivity contribution < 1.29 is 5.11 Å². The summed E-state index contributed by atoms with van der Waals surface area (Å²) in [6.45, 7) is 4.63. The highest BCUT2D eigenvalue weighted by Crippen LogP contribution is 2.44. The Bertz CT molecular complexity index is 332. The molecule has 1 unspecified atom stereocenters. The Hall–Kier alpha value is -0.860. The van der Waals surface area contributed by atoms with Crippen molar-refractivity contribution in [3.63, 3.8) is 0 Å². The zero-order valence-corrected chi connectivity index (χ0v) is 10.7. The molecule has 94 valence electrons. The molecule has 1 saturated carbocycles. The molecule has 1 atom stereocenters. The van der Waals surface area contributed by atoms with Gasteiger partial charge < -0.3 is 10.4 Å². The molecule has 2 heteroatoms. The van der Waals surface area contributed by atoms with E-state index < -0.39 is 0 Å². The van der Waals surface area contributed by atoms with Crippen molar-refractivity contribution >= 4 is 0 Å². The molecule has 0 radical (unpaired) electrons. The van der Waals surface area contributed by atoms with Gasteiger partial charge in [-0.3, -0.25) is 0 Å². The molecule has 1 fully saturated rings. The Kier molecular flexibility index (Phi) is 4.19. The van der Waals surface area contributed by atoms with Crippen molar-refractivity contribution in [1.82, 2.24) is 5.32 Å². The summed E-state index contributed by atoms with van der Waals surface area (Å²) in [7, 11) is 0. The van der Waals surface area contributed by atoms with Crippen molar-refractivity contribution in [2.75, 3.05) is 19.7 Å². The zero-order valence-electron chi connectivity index (χ0n) is 10.7. The third-order valence-electron chi connectivity index (χ3n) is 3.92. The van der Waals surface area contributed by atoms with Gasteiger partial charge in [0.15, 0.2) is 0 Å². The number of hydrogen-bond donors (Lipinski definition) is 2. The molecule has 0 spiro atoms. The number of aliphatic hydroxyl groups is 1. The van der Waals surface area contributed by atoms with Gasteiger partial charge in [-0.1, -0.05) is 37.3 Å². The largest absolute Gasteiger partial charge is 0.396 e. The second-order valence-electron chi connectivity index (χ2n) is 5.44. The summed E-state index contributed by atoms with van der Waals surface area (Å²) >= 11 is 0. The Morgan fingerprint density at radius 2 is 2.00 bits per heavy atom. The van der Waals surface area contributed by atoms with Gasteiger partial charge >= 0.3 is 0 Å². The summed E-state index contributed by atoms with van der Waals surface area (Å²) in [5, 5.41) is 12.7. The molecule has 0 saturated heterocycles. The molecular weight excluding hydrogens is 210 g/mol. The molecule has 0 bridgehead atoms. The monoisotopic (exact) mass is 233 g/mol. The first-order chi connectivity index (χ1) is 8.26. The Balaban J connectivity index is 1.65. The summed E-state index contributed by atoms with van der Waals surface area (Å²) in [6, 6.07) is 10.7. The Morgan fingerprint density at radius 3 is 2.59 bits per heavy atom. The van der Waals surface area contributed by atoms with Crippen LogP contribution in [0, 0.1) is 5.41 Å². The van der Waals surface area contributed by atoms with Crippen molar-refractivity contribution in [2.24, 2.45) is 5.41 Å². The van der Waals surface area contributed by atoms with Gasteiger partial charge in [0.1, 0.15) is 0 Å². The van der Waals surface area contributed by atoms with E-state index in [1.807, 2.05) is 0 Å². The van der Waals surface area contributed by atoms with E-state index in [9.17, 15) is 5.11 Å². The van der Waals surface area contributed by atoms with Gasteiger partial charge in [0, 0.05) is 18.6 Å². The molecule has 1 aliphatic rings. The molecule has 0 aliphatic heterocycles. The van der Waals surface area contributed by atoms with Crippen LogP contribution < -0.4 is 5.32 Å². The zero-order chi connectivity index (χ0) is 12.1. The van der Waals surface area contributed by atoms with E-state index >= 15 is 0 Å². The highest BCUT2D eigenvalue weighted by atomic mass is 16.3. The lowest BCUT2D eigenvalue weighted by molar-refractivity contribution is 0.207. The average molecular weight is 233 g/mol. The number of nitrogens with one attached hydrogen (secondary N) is 1. The van der Waals surface area contributed by atoms with E-state index in [-0.39, 0.29) is 5.41 Å². The van der Waals surface area contributed by atoms with E-state index in [1.54, 1.807) is 0 Å². The Morgan fingerprint density at radius 1 is 1.29 bits per heavy atom. The van der Waals surface area contributed by atoms with E-state index in [4.69, 9.17) is 0 Å². The van der Waals surface area contributed by atoms with Crippen LogP contribution in [0.3, 0.4) is 0 Å². The maximum absolute atomic E-state index is 9.20. The minimum absolute atomic E-state index is 0.232. The van der Waals surface area contributed by atoms with Gasteiger partial charge in [-0.05, 0) is 37.3 Å². The summed E-state index contributed by atoms with van der Waals surface area (Å²) in [4.78, 5) is 0. The fourth-order valence-electron chi connectivity index (χ4n) is 2.19. The standard InChI is InChI=1S/C15H23NO/c1-13(14-5-3-2-4-6-14)7-10-16-11-15(12-17)8-9-15/h2-6,13,16-17H,7-12H2,1H3. The SMILES string of the molecule is CC(CCNCC1(CO)CC1)c1ccccc1. The third-order valence-corrected chi connectivity index (χ3v) is 3.92. The number of rotatable bonds is 7. The van der Waals surface area contributed by atoms with Gasteiger partial charge in [0.2, 0.25) is 0 Å². The van der Waals surface area contributed by atoms with Crippen molar-refractivity contribution in [3.8, 4) is 0 Å². The fraction of sp³-hybridized carbons (Fsp3) is 0.600. The first-order valence-electron chi connectivity index (χ1n) is 6.62. The highest BCUT2D eigenvalue weighted by Gasteiger charge is 2.41. The normalized spacial score (nSPS) is 18.9. The summed E-state index contributed by atoms with van der Waals surface area (Å²) in [5.74, 6) is 0.605. The van der Waals surface area contributed by atoms with Crippen molar-refractivity contribution in [2.45, 2.75) is 32.1 Å². The maximum atomic E-state index is 9.20. The number of aliphatic hydroxyl groups excluding tert-OH is 1. The molecule has 1 aromatic carbocycles. The van der Waals surface area contributed by atoms with Crippen LogP contribution in [0.4, 0.5) is 0 Å². The third kappa shape index (κ3) is 3.55. The summed E-state index contributed by atoms with van der Waals surface area (Å²) in [6.07, 6.45) is 3.53. The minimum atomic E-state index is 0.232. The molecular formula is C15H23NO. The first kappa shape index (κ1) is 12.6. The van der Waals surface area contributed by atoms with Crippen molar-refractivity contribution in [1.29, 1.82) is 0 Å². The van der Waals surface area contributed by atoms with Gasteiger partial charge in [0.25, 0.3) is 0 Å². The summed E-state index contributed by atoms with van der Waals surface area (Å²) < 4.78 is 0. The lowest BCUT2D eigenvalue weighted by atomic mass is 9.98. The molecule has 1 aliphatic carbocycles. The molecule has 0 heterocycles. The Labute approximate surface area is 104 Å². The maximum Gasteiger partial charge on any atom is 0.0499 e. The van der Waals surface area contributed by atoms with Crippen LogP contribution in [-0.4, -0.2) is 24.8 Å². The highest BCUT2D eigenvalue weighted by molar-refractivity contribution is 5.18. The van der Waals surface area contributed by atoms with E-state index in [2.05, 4.69) is 42.6 Å². The van der Waals surface area contributed by atoms with Gasteiger partial charge in [-0.25, -0.2) is 0 Å². The van der Waals surface area contributed by atoms with Crippen LogP contribution in [0.1, 0.15) is 37.7 Å². The van der Waals surface area contributed by atoms with Crippen molar-refractivity contribution in [3.05, 3.63) is 35.9 Å². The van der Waals surface area contributed by atoms with Gasteiger partial charge in [-0.15, -0.1) is 0 Å². The lowest BCUT2D eigenvalue weighted by Gasteiger charge is -2.15. The van der Waals surface area contributed by atoms with Crippen LogP contribution >= 0.6 is 0 Å². The molecule has 0 amide bonds. The number of hydrogen-bond acceptors (Lipinski definition) is 2. The van der Waals surface area contributed by atoms with E-state index in [0.717, 1.165) is 19.5 Å². The number of benzene rings is 1. The smallest absolute Gasteiger partial charge is 0.0499 e. The summed E-state index contributed by atoms with van der Waals surface area (Å²) in [5.41, 5.74) is 1.65. The fourth-order valence-corrected chi connectivity index (χ4v) is 2.19. The molecule has 1 aromatic rings. The van der Waals surface area contributed by atoms with Gasteiger partial charge in [-0.2, -0.15) is 0 Å². The van der Waals surface area contributed by atoms with Crippen LogP contribution in [-0.2, 0) is 0 Å². The first-order valence-corrected chi connectivity index (χ1v) is 6.62. The second kappa shape index (κ2) is 5.65. The quantitative estimate of drug-likeness (QED) is 0.709. The van der Waals surface area contributed by atoms with Crippen LogP contribution in [0.25, 0.3) is 0 Å². The predicted octanol–water partition coefficient (Wildman–Crippen LogP) is 2.54. The minimum Gasteiger partial charge on any atom is -0.396 e. The molecule has 17 heavy (non-hydrogen) atoms. The lowest BCUT2D eigenvalue weighted by Crippen LogP contribution is -2.27. The molecule has 2 rings (SSSR count). The van der Waals surface area contributed by atoms with Gasteiger partial charge in [0.05, 0.1) is 0 Å². The topological polar surface area (TPSA) is 32.3 Å². The molecule has 2 N–H and O–H groups in total. The van der Waals surface area contributed by atoms with Crippen LogP contribution in [0.2, 0.25) is 0 Å². The molecule has 0 aromatic heterocycles. The molecule has 2 nitrogen and oxygen atoms in total. The second-order valence-corrected chi connectivity index (χ2v) is 5.44. The van der Waals surface area contributed by atoms with E-state index in [0.29, 0.717) is 12.5 Å².